The SMILES string of the molecule is CC[C@@H](CS(=O)(=O)CCO)N1C(=O)[C@H](CC(=O)OC)O[C@H](c2cccc(Cl)c2)[C@H]1c1ccc(Cl)cc1. The minimum atomic E-state index is -3.68. The van der Waals surface area contributed by atoms with Crippen LogP contribution < -0.4 is 0 Å². The van der Waals surface area contributed by atoms with E-state index in [-0.39, 0.29) is 12.2 Å². The Labute approximate surface area is 221 Å². The molecular weight excluding hydrogens is 529 g/mol. The molecule has 1 saturated heterocycles. The highest BCUT2D eigenvalue weighted by atomic mass is 35.5. The third kappa shape index (κ3) is 6.77. The lowest BCUT2D eigenvalue weighted by Crippen LogP contribution is -2.56. The quantitative estimate of drug-likeness (QED) is 0.443. The molecule has 3 rings (SSSR count). The van der Waals surface area contributed by atoms with Gasteiger partial charge in [0, 0.05) is 16.1 Å². The Hall–Kier alpha value is -2.17. The Morgan fingerprint density at radius 2 is 1.83 bits per heavy atom. The molecule has 0 radical (unpaired) electrons. The van der Waals surface area contributed by atoms with E-state index in [1.807, 2.05) is 0 Å². The summed E-state index contributed by atoms with van der Waals surface area (Å²) in [5.41, 5.74) is 1.33. The van der Waals surface area contributed by atoms with Crippen molar-refractivity contribution in [1.82, 2.24) is 4.90 Å². The van der Waals surface area contributed by atoms with Crippen LogP contribution in [0.3, 0.4) is 0 Å². The van der Waals surface area contributed by atoms with Crippen molar-refractivity contribution in [2.24, 2.45) is 0 Å². The Morgan fingerprint density at radius 1 is 1.14 bits per heavy atom. The molecule has 1 aliphatic rings. The van der Waals surface area contributed by atoms with Gasteiger partial charge in [-0.3, -0.25) is 9.59 Å². The van der Waals surface area contributed by atoms with Gasteiger partial charge in [0.1, 0.15) is 12.2 Å². The van der Waals surface area contributed by atoms with E-state index in [0.29, 0.717) is 27.6 Å². The molecule has 4 atom stereocenters. The summed E-state index contributed by atoms with van der Waals surface area (Å²) >= 11 is 12.4. The number of sulfone groups is 1. The number of amides is 1. The second-order valence-corrected chi connectivity index (χ2v) is 11.6. The predicted octanol–water partition coefficient (Wildman–Crippen LogP) is 3.75. The molecule has 1 amide bonds. The van der Waals surface area contributed by atoms with Crippen LogP contribution in [0.15, 0.2) is 48.5 Å². The molecule has 0 unspecified atom stereocenters. The summed E-state index contributed by atoms with van der Waals surface area (Å²) in [5.74, 6) is -1.93. The maximum absolute atomic E-state index is 13.8. The lowest BCUT2D eigenvalue weighted by Gasteiger charge is -2.48. The molecule has 0 spiro atoms. The molecule has 36 heavy (non-hydrogen) atoms. The van der Waals surface area contributed by atoms with E-state index in [1.165, 1.54) is 12.0 Å². The molecule has 196 valence electrons. The molecule has 0 saturated carbocycles. The average Bonchev–Trinajstić information content (AvgIpc) is 2.84. The number of hydrogen-bond donors (Lipinski definition) is 1. The Morgan fingerprint density at radius 3 is 2.42 bits per heavy atom. The summed E-state index contributed by atoms with van der Waals surface area (Å²) in [4.78, 5) is 27.5. The van der Waals surface area contributed by atoms with Gasteiger partial charge in [0.15, 0.2) is 9.84 Å². The molecule has 1 fully saturated rings. The smallest absolute Gasteiger partial charge is 0.308 e. The Kier molecular flexibility index (Phi) is 9.77. The summed E-state index contributed by atoms with van der Waals surface area (Å²) < 4.78 is 36.4. The Bertz CT molecular complexity index is 1170. The van der Waals surface area contributed by atoms with Crippen LogP contribution in [0.4, 0.5) is 0 Å². The molecule has 11 heteroatoms. The zero-order valence-corrected chi connectivity index (χ0v) is 22.3. The predicted molar refractivity (Wildman–Crippen MR) is 137 cm³/mol. The van der Waals surface area contributed by atoms with Gasteiger partial charge in [0.05, 0.1) is 37.7 Å². The van der Waals surface area contributed by atoms with Crippen LogP contribution >= 0.6 is 23.2 Å². The highest BCUT2D eigenvalue weighted by molar-refractivity contribution is 7.91. The zero-order chi connectivity index (χ0) is 26.5. The number of esters is 1. The van der Waals surface area contributed by atoms with Crippen molar-refractivity contribution in [3.8, 4) is 0 Å². The van der Waals surface area contributed by atoms with Crippen LogP contribution in [0.1, 0.15) is 43.0 Å². The minimum absolute atomic E-state index is 0.313. The third-order valence-corrected chi connectivity index (χ3v) is 8.29. The first-order chi connectivity index (χ1) is 17.1. The Balaban J connectivity index is 2.18. The third-order valence-electron chi connectivity index (χ3n) is 6.11. The fourth-order valence-corrected chi connectivity index (χ4v) is 6.14. The molecule has 1 N–H and O–H groups in total. The number of carbonyl (C=O) groups is 2. The van der Waals surface area contributed by atoms with Crippen LogP contribution in [0, 0.1) is 0 Å². The van der Waals surface area contributed by atoms with Crippen molar-refractivity contribution in [2.75, 3.05) is 25.2 Å². The number of aliphatic hydroxyl groups excluding tert-OH is 1. The number of aliphatic hydroxyl groups is 1. The first-order valence-electron chi connectivity index (χ1n) is 11.5. The minimum Gasteiger partial charge on any atom is -0.469 e. The monoisotopic (exact) mass is 557 g/mol. The maximum Gasteiger partial charge on any atom is 0.308 e. The molecule has 0 aromatic heterocycles. The number of benzene rings is 2. The number of morpholine rings is 1. The number of hydrogen-bond acceptors (Lipinski definition) is 7. The fraction of sp³-hybridized carbons (Fsp3) is 0.440. The standard InChI is InChI=1S/C25H29Cl2NO7S/c1-3-20(15-36(32,33)12-11-29)28-23(16-7-9-18(26)10-8-16)24(17-5-4-6-19(27)13-17)35-21(25(28)31)14-22(30)34-2/h4-10,13,20-21,23-24,29H,3,11-12,14-15H2,1-2H3/t20-,21-,23+,24+/m0/s1. The number of nitrogens with zero attached hydrogens (tertiary/aromatic N) is 1. The maximum atomic E-state index is 13.8. The molecular formula is C25H29Cl2NO7S. The number of methoxy groups -OCH3 is 1. The van der Waals surface area contributed by atoms with Gasteiger partial charge in [-0.1, -0.05) is 54.4 Å². The van der Waals surface area contributed by atoms with E-state index in [1.54, 1.807) is 55.5 Å². The van der Waals surface area contributed by atoms with E-state index in [4.69, 9.17) is 32.7 Å². The topological polar surface area (TPSA) is 110 Å². The van der Waals surface area contributed by atoms with Gasteiger partial charge in [0.25, 0.3) is 5.91 Å². The van der Waals surface area contributed by atoms with Gasteiger partial charge in [0.2, 0.25) is 0 Å². The first-order valence-corrected chi connectivity index (χ1v) is 14.0. The van der Waals surface area contributed by atoms with Crippen molar-refractivity contribution in [1.29, 1.82) is 0 Å². The van der Waals surface area contributed by atoms with Gasteiger partial charge >= 0.3 is 5.97 Å². The first kappa shape index (κ1) is 28.4. The van der Waals surface area contributed by atoms with Gasteiger partial charge in [-0.05, 0) is 41.8 Å². The summed E-state index contributed by atoms with van der Waals surface area (Å²) in [5, 5.41) is 10.2. The van der Waals surface area contributed by atoms with Crippen molar-refractivity contribution < 1.29 is 32.6 Å². The summed E-state index contributed by atoms with van der Waals surface area (Å²) in [7, 11) is -2.46. The van der Waals surface area contributed by atoms with Crippen molar-refractivity contribution in [3.05, 3.63) is 69.7 Å². The van der Waals surface area contributed by atoms with Gasteiger partial charge in [-0.15, -0.1) is 0 Å². The normalized spacial score (nSPS) is 21.3. The van der Waals surface area contributed by atoms with Gasteiger partial charge < -0.3 is 19.5 Å². The van der Waals surface area contributed by atoms with Crippen LogP contribution in [-0.4, -0.2) is 67.7 Å². The average molecular weight is 558 g/mol. The van der Waals surface area contributed by atoms with E-state index in [2.05, 4.69) is 0 Å². The molecule has 8 nitrogen and oxygen atoms in total. The number of ether oxygens (including phenoxy) is 2. The second-order valence-electron chi connectivity index (χ2n) is 8.52. The highest BCUT2D eigenvalue weighted by Crippen LogP contribution is 2.44. The lowest BCUT2D eigenvalue weighted by atomic mass is 9.89. The largest absolute Gasteiger partial charge is 0.469 e. The zero-order valence-electron chi connectivity index (χ0n) is 20.0. The molecule has 2 aromatic carbocycles. The molecule has 1 aliphatic heterocycles. The summed E-state index contributed by atoms with van der Waals surface area (Å²) in [6, 6.07) is 12.3. The van der Waals surface area contributed by atoms with Crippen LogP contribution in [-0.2, 0) is 28.9 Å². The molecule has 0 aliphatic carbocycles. The fourth-order valence-electron chi connectivity index (χ4n) is 4.39. The molecule has 0 bridgehead atoms. The van der Waals surface area contributed by atoms with Gasteiger partial charge in [-0.2, -0.15) is 0 Å². The summed E-state index contributed by atoms with van der Waals surface area (Å²) in [6.45, 7) is 1.26. The lowest BCUT2D eigenvalue weighted by molar-refractivity contribution is -0.183. The van der Waals surface area contributed by atoms with E-state index < -0.39 is 58.4 Å². The summed E-state index contributed by atoms with van der Waals surface area (Å²) in [6.07, 6.45) is -1.99. The van der Waals surface area contributed by atoms with Gasteiger partial charge in [-0.25, -0.2) is 8.42 Å². The highest BCUT2D eigenvalue weighted by Gasteiger charge is 2.47. The van der Waals surface area contributed by atoms with E-state index in [9.17, 15) is 23.1 Å². The number of halogens is 2. The second kappa shape index (κ2) is 12.4. The van der Waals surface area contributed by atoms with Crippen LogP contribution in [0.5, 0.6) is 0 Å². The number of carbonyl (C=O) groups excluding carboxylic acids is 2. The van der Waals surface area contributed by atoms with Crippen molar-refractivity contribution in [2.45, 2.75) is 44.1 Å². The number of rotatable bonds is 10. The van der Waals surface area contributed by atoms with E-state index >= 15 is 0 Å². The van der Waals surface area contributed by atoms with Crippen LogP contribution in [0.25, 0.3) is 0 Å². The molecule has 1 heterocycles. The molecule has 2 aromatic rings. The van der Waals surface area contributed by atoms with E-state index in [0.717, 1.165) is 0 Å². The van der Waals surface area contributed by atoms with Crippen molar-refractivity contribution >= 4 is 44.9 Å². The van der Waals surface area contributed by atoms with Crippen molar-refractivity contribution in [3.63, 3.8) is 0 Å². The van der Waals surface area contributed by atoms with Crippen LogP contribution in [0.2, 0.25) is 10.0 Å².